The van der Waals surface area contributed by atoms with Gasteiger partial charge < -0.3 is 20.5 Å². The van der Waals surface area contributed by atoms with Crippen LogP contribution in [0.1, 0.15) is 25.7 Å². The Hall–Kier alpha value is -2.29. The fourth-order valence-electron chi connectivity index (χ4n) is 2.84. The Balaban J connectivity index is 1.64. The summed E-state index contributed by atoms with van der Waals surface area (Å²) in [6.07, 6.45) is 3.61. The summed E-state index contributed by atoms with van der Waals surface area (Å²) in [5, 5.41) is 14.5. The Kier molecular flexibility index (Phi) is 6.84. The van der Waals surface area contributed by atoms with Gasteiger partial charge in [-0.15, -0.1) is 0 Å². The zero-order valence-corrected chi connectivity index (χ0v) is 15.4. The topological polar surface area (TPSA) is 122 Å². The van der Waals surface area contributed by atoms with Crippen molar-refractivity contribution in [1.82, 2.24) is 10.6 Å². The standard InChI is InChI=1S/C17H24N2O6S/c1-26(23,24)15-8-6-14(7-9-15)25-11-10-18-17(22)19-13-4-2-12(3-5-13)16(20)21/h6-9,12-13H,2-5,10-11H2,1H3,(H,20,21)(H2,18,19,22). The Labute approximate surface area is 152 Å². The second kappa shape index (κ2) is 8.88. The number of amides is 2. The summed E-state index contributed by atoms with van der Waals surface area (Å²) in [6, 6.07) is 5.76. The Bertz CT molecular complexity index is 724. The van der Waals surface area contributed by atoms with Crippen molar-refractivity contribution in [2.75, 3.05) is 19.4 Å². The van der Waals surface area contributed by atoms with Gasteiger partial charge in [-0.2, -0.15) is 0 Å². The molecule has 0 aliphatic heterocycles. The van der Waals surface area contributed by atoms with E-state index in [9.17, 15) is 18.0 Å². The van der Waals surface area contributed by atoms with E-state index in [1.54, 1.807) is 12.1 Å². The predicted molar refractivity (Wildman–Crippen MR) is 95.0 cm³/mol. The van der Waals surface area contributed by atoms with E-state index >= 15 is 0 Å². The van der Waals surface area contributed by atoms with Crippen LogP contribution in [0.2, 0.25) is 0 Å². The molecule has 9 heteroatoms. The van der Waals surface area contributed by atoms with Crippen LogP contribution in [0.3, 0.4) is 0 Å². The van der Waals surface area contributed by atoms with Crippen LogP contribution in [0.5, 0.6) is 5.75 Å². The molecule has 26 heavy (non-hydrogen) atoms. The van der Waals surface area contributed by atoms with Crippen molar-refractivity contribution in [2.24, 2.45) is 5.92 Å². The van der Waals surface area contributed by atoms with Crippen LogP contribution >= 0.6 is 0 Å². The first kappa shape index (κ1) is 20.0. The van der Waals surface area contributed by atoms with Crippen LogP contribution in [0, 0.1) is 5.92 Å². The average molecular weight is 384 g/mol. The van der Waals surface area contributed by atoms with Crippen molar-refractivity contribution in [1.29, 1.82) is 0 Å². The van der Waals surface area contributed by atoms with Gasteiger partial charge in [-0.3, -0.25) is 4.79 Å². The number of urea groups is 1. The number of ether oxygens (including phenoxy) is 1. The number of carbonyl (C=O) groups is 2. The molecular weight excluding hydrogens is 360 g/mol. The Morgan fingerprint density at radius 1 is 1.15 bits per heavy atom. The number of sulfone groups is 1. The number of hydrogen-bond acceptors (Lipinski definition) is 5. The minimum atomic E-state index is -3.23. The van der Waals surface area contributed by atoms with Crippen molar-refractivity contribution in [3.8, 4) is 5.75 Å². The van der Waals surface area contributed by atoms with Crippen molar-refractivity contribution in [3.05, 3.63) is 24.3 Å². The molecule has 1 aliphatic rings. The zero-order chi connectivity index (χ0) is 19.2. The Morgan fingerprint density at radius 3 is 2.31 bits per heavy atom. The molecule has 2 amide bonds. The fraction of sp³-hybridized carbons (Fsp3) is 0.529. The maximum absolute atomic E-state index is 11.8. The SMILES string of the molecule is CS(=O)(=O)c1ccc(OCCNC(=O)NC2CCC(C(=O)O)CC2)cc1. The first-order valence-electron chi connectivity index (χ1n) is 8.46. The number of aliphatic carboxylic acids is 1. The molecule has 0 spiro atoms. The van der Waals surface area contributed by atoms with Crippen molar-refractivity contribution < 1.29 is 27.9 Å². The minimum Gasteiger partial charge on any atom is -0.492 e. The quantitative estimate of drug-likeness (QED) is 0.611. The normalized spacial score (nSPS) is 20.2. The van der Waals surface area contributed by atoms with E-state index < -0.39 is 15.8 Å². The molecule has 1 fully saturated rings. The lowest BCUT2D eigenvalue weighted by molar-refractivity contribution is -0.142. The molecule has 0 atom stereocenters. The van der Waals surface area contributed by atoms with E-state index in [1.165, 1.54) is 12.1 Å². The lowest BCUT2D eigenvalue weighted by atomic mass is 9.86. The van der Waals surface area contributed by atoms with E-state index in [1.807, 2.05) is 0 Å². The highest BCUT2D eigenvalue weighted by Crippen LogP contribution is 2.24. The van der Waals surface area contributed by atoms with E-state index in [4.69, 9.17) is 9.84 Å². The molecule has 1 aromatic carbocycles. The molecule has 0 unspecified atom stereocenters. The third kappa shape index (κ3) is 6.21. The molecule has 1 aromatic rings. The number of hydrogen-bond donors (Lipinski definition) is 3. The van der Waals surface area contributed by atoms with Crippen LogP contribution in [0.15, 0.2) is 29.2 Å². The van der Waals surface area contributed by atoms with Crippen LogP contribution < -0.4 is 15.4 Å². The second-order valence-corrected chi connectivity index (χ2v) is 8.39. The molecule has 2 rings (SSSR count). The number of carboxylic acid groups (broad SMARTS) is 1. The first-order valence-corrected chi connectivity index (χ1v) is 10.3. The molecule has 1 saturated carbocycles. The maximum Gasteiger partial charge on any atom is 0.315 e. The lowest BCUT2D eigenvalue weighted by Gasteiger charge is -2.26. The number of benzene rings is 1. The third-order valence-corrected chi connectivity index (χ3v) is 5.45. The molecule has 0 radical (unpaired) electrons. The first-order chi connectivity index (χ1) is 12.3. The van der Waals surface area contributed by atoms with Crippen molar-refractivity contribution in [3.63, 3.8) is 0 Å². The van der Waals surface area contributed by atoms with Gasteiger partial charge >= 0.3 is 12.0 Å². The monoisotopic (exact) mass is 384 g/mol. The van der Waals surface area contributed by atoms with Crippen LogP contribution in [-0.2, 0) is 14.6 Å². The van der Waals surface area contributed by atoms with E-state index in [-0.39, 0.29) is 29.5 Å². The van der Waals surface area contributed by atoms with Gasteiger partial charge in [0.05, 0.1) is 17.4 Å². The van der Waals surface area contributed by atoms with Crippen LogP contribution in [0.25, 0.3) is 0 Å². The molecule has 0 aromatic heterocycles. The maximum atomic E-state index is 11.8. The van der Waals surface area contributed by atoms with Gasteiger partial charge in [0.25, 0.3) is 0 Å². The Morgan fingerprint density at radius 2 is 1.77 bits per heavy atom. The fourth-order valence-corrected chi connectivity index (χ4v) is 3.47. The average Bonchev–Trinajstić information content (AvgIpc) is 2.59. The number of carboxylic acids is 1. The molecule has 3 N–H and O–H groups in total. The second-order valence-electron chi connectivity index (χ2n) is 6.38. The van der Waals surface area contributed by atoms with Crippen LogP contribution in [-0.4, -0.2) is 51.0 Å². The third-order valence-electron chi connectivity index (χ3n) is 4.32. The number of nitrogens with one attached hydrogen (secondary N) is 2. The summed E-state index contributed by atoms with van der Waals surface area (Å²) in [7, 11) is -3.23. The molecule has 0 heterocycles. The summed E-state index contributed by atoms with van der Waals surface area (Å²) < 4.78 is 28.2. The minimum absolute atomic E-state index is 0.00458. The molecule has 8 nitrogen and oxygen atoms in total. The molecular formula is C17H24N2O6S. The van der Waals surface area contributed by atoms with E-state index in [0.717, 1.165) is 6.26 Å². The molecule has 144 valence electrons. The highest BCUT2D eigenvalue weighted by atomic mass is 32.2. The van der Waals surface area contributed by atoms with Gasteiger partial charge in [0.1, 0.15) is 12.4 Å². The van der Waals surface area contributed by atoms with Gasteiger partial charge in [-0.05, 0) is 49.9 Å². The van der Waals surface area contributed by atoms with E-state index in [0.29, 0.717) is 38.0 Å². The zero-order valence-electron chi connectivity index (χ0n) is 14.6. The van der Waals surface area contributed by atoms with Crippen molar-refractivity contribution in [2.45, 2.75) is 36.6 Å². The summed E-state index contributed by atoms with van der Waals surface area (Å²) >= 11 is 0. The predicted octanol–water partition coefficient (Wildman–Crippen LogP) is 1.41. The summed E-state index contributed by atoms with van der Waals surface area (Å²) in [4.78, 5) is 23.0. The molecule has 0 saturated heterocycles. The van der Waals surface area contributed by atoms with Crippen LogP contribution in [0.4, 0.5) is 4.79 Å². The lowest BCUT2D eigenvalue weighted by Crippen LogP contribution is -2.45. The van der Waals surface area contributed by atoms with Gasteiger partial charge in [0, 0.05) is 12.3 Å². The molecule has 1 aliphatic carbocycles. The number of carbonyl (C=O) groups excluding carboxylic acids is 1. The number of rotatable bonds is 7. The van der Waals surface area contributed by atoms with Crippen molar-refractivity contribution >= 4 is 21.8 Å². The highest BCUT2D eigenvalue weighted by Gasteiger charge is 2.26. The van der Waals surface area contributed by atoms with Gasteiger partial charge in [-0.1, -0.05) is 0 Å². The summed E-state index contributed by atoms with van der Waals surface area (Å²) in [5.74, 6) is -0.556. The summed E-state index contributed by atoms with van der Waals surface area (Å²) in [5.41, 5.74) is 0. The van der Waals surface area contributed by atoms with Gasteiger partial charge in [0.15, 0.2) is 9.84 Å². The highest BCUT2D eigenvalue weighted by molar-refractivity contribution is 7.90. The van der Waals surface area contributed by atoms with Gasteiger partial charge in [0.2, 0.25) is 0 Å². The largest absolute Gasteiger partial charge is 0.492 e. The molecule has 0 bridgehead atoms. The van der Waals surface area contributed by atoms with Gasteiger partial charge in [-0.25, -0.2) is 13.2 Å². The van der Waals surface area contributed by atoms with E-state index in [2.05, 4.69) is 10.6 Å². The smallest absolute Gasteiger partial charge is 0.315 e. The summed E-state index contributed by atoms with van der Waals surface area (Å²) in [6.45, 7) is 0.543.